The van der Waals surface area contributed by atoms with Crippen LogP contribution in [0.1, 0.15) is 40.8 Å². The molecule has 1 aliphatic heterocycles. The molecule has 1 aliphatic rings. The first kappa shape index (κ1) is 14.8. The number of aromatic nitrogens is 4. The highest BCUT2D eigenvalue weighted by Gasteiger charge is 2.29. The third-order valence-electron chi connectivity index (χ3n) is 4.14. The van der Waals surface area contributed by atoms with E-state index in [0.717, 1.165) is 30.8 Å². The standard InChI is InChI=1S/C15H21N5O2/c1-10-8-13(19-20(10)2)15(21)16-9-11-4-3-7-22-14(11)12-5-6-17-18-12/h5-6,8,11,14H,3-4,7,9H2,1-2H3,(H,16,21)(H,17,18)/t11-,14+/m0/s1. The van der Waals surface area contributed by atoms with E-state index in [-0.39, 0.29) is 17.9 Å². The summed E-state index contributed by atoms with van der Waals surface area (Å²) in [4.78, 5) is 12.2. The molecule has 118 valence electrons. The second kappa shape index (κ2) is 6.31. The number of nitrogens with zero attached hydrogens (tertiary/aromatic N) is 3. The van der Waals surface area contributed by atoms with Crippen molar-refractivity contribution >= 4 is 5.91 Å². The minimum Gasteiger partial charge on any atom is -0.372 e. The van der Waals surface area contributed by atoms with Crippen molar-refractivity contribution < 1.29 is 9.53 Å². The highest BCUT2D eigenvalue weighted by atomic mass is 16.5. The van der Waals surface area contributed by atoms with E-state index in [0.29, 0.717) is 12.2 Å². The summed E-state index contributed by atoms with van der Waals surface area (Å²) in [7, 11) is 1.83. The fourth-order valence-corrected chi connectivity index (χ4v) is 2.81. The lowest BCUT2D eigenvalue weighted by atomic mass is 9.92. The molecule has 1 amide bonds. The number of hydrogen-bond donors (Lipinski definition) is 2. The number of carbonyl (C=O) groups is 1. The lowest BCUT2D eigenvalue weighted by molar-refractivity contribution is -0.0297. The molecule has 2 aromatic heterocycles. The Morgan fingerprint density at radius 2 is 2.45 bits per heavy atom. The predicted molar refractivity (Wildman–Crippen MR) is 80.3 cm³/mol. The number of rotatable bonds is 4. The van der Waals surface area contributed by atoms with Crippen LogP contribution in [0.4, 0.5) is 0 Å². The van der Waals surface area contributed by atoms with Crippen LogP contribution in [0.5, 0.6) is 0 Å². The van der Waals surface area contributed by atoms with Gasteiger partial charge in [-0.15, -0.1) is 0 Å². The van der Waals surface area contributed by atoms with Gasteiger partial charge in [0.15, 0.2) is 0 Å². The highest BCUT2D eigenvalue weighted by Crippen LogP contribution is 2.31. The Bertz CT molecular complexity index is 615. The van der Waals surface area contributed by atoms with Crippen LogP contribution >= 0.6 is 0 Å². The third-order valence-corrected chi connectivity index (χ3v) is 4.14. The van der Waals surface area contributed by atoms with E-state index in [9.17, 15) is 4.79 Å². The van der Waals surface area contributed by atoms with E-state index < -0.39 is 0 Å². The summed E-state index contributed by atoms with van der Waals surface area (Å²) in [6, 6.07) is 3.71. The second-order valence-electron chi connectivity index (χ2n) is 5.71. The van der Waals surface area contributed by atoms with Gasteiger partial charge in [0.2, 0.25) is 0 Å². The molecule has 7 heteroatoms. The van der Waals surface area contributed by atoms with E-state index in [1.165, 1.54) is 0 Å². The Kier molecular flexibility index (Phi) is 4.24. The van der Waals surface area contributed by atoms with Crippen LogP contribution in [-0.2, 0) is 11.8 Å². The molecular weight excluding hydrogens is 282 g/mol. The van der Waals surface area contributed by atoms with Crippen molar-refractivity contribution in [2.24, 2.45) is 13.0 Å². The Labute approximate surface area is 129 Å². The van der Waals surface area contributed by atoms with Gasteiger partial charge in [-0.2, -0.15) is 10.2 Å². The molecule has 0 aromatic carbocycles. The summed E-state index contributed by atoms with van der Waals surface area (Å²) in [6.45, 7) is 3.23. The zero-order valence-electron chi connectivity index (χ0n) is 12.9. The Morgan fingerprint density at radius 1 is 1.59 bits per heavy atom. The van der Waals surface area contributed by atoms with Crippen molar-refractivity contribution in [2.75, 3.05) is 13.2 Å². The molecule has 0 saturated carbocycles. The average molecular weight is 303 g/mol. The molecule has 22 heavy (non-hydrogen) atoms. The third kappa shape index (κ3) is 3.04. The Balaban J connectivity index is 1.62. The van der Waals surface area contributed by atoms with Gasteiger partial charge in [0.1, 0.15) is 11.8 Å². The maximum absolute atomic E-state index is 12.2. The first-order valence-electron chi connectivity index (χ1n) is 7.55. The molecule has 0 bridgehead atoms. The summed E-state index contributed by atoms with van der Waals surface area (Å²) >= 11 is 0. The van der Waals surface area contributed by atoms with Crippen molar-refractivity contribution in [1.29, 1.82) is 0 Å². The van der Waals surface area contributed by atoms with Crippen molar-refractivity contribution in [1.82, 2.24) is 25.3 Å². The number of aryl methyl sites for hydroxylation is 2. The van der Waals surface area contributed by atoms with Gasteiger partial charge in [-0.05, 0) is 31.9 Å². The molecule has 0 aliphatic carbocycles. The van der Waals surface area contributed by atoms with Crippen LogP contribution in [0.25, 0.3) is 0 Å². The number of H-pyrrole nitrogens is 1. The first-order valence-corrected chi connectivity index (χ1v) is 7.55. The number of amides is 1. The Morgan fingerprint density at radius 3 is 3.14 bits per heavy atom. The van der Waals surface area contributed by atoms with Gasteiger partial charge in [-0.3, -0.25) is 14.6 Å². The summed E-state index contributed by atoms with van der Waals surface area (Å²) < 4.78 is 7.55. The van der Waals surface area contributed by atoms with E-state index >= 15 is 0 Å². The quantitative estimate of drug-likeness (QED) is 0.893. The number of ether oxygens (including phenoxy) is 1. The number of aromatic amines is 1. The molecule has 7 nitrogen and oxygen atoms in total. The summed E-state index contributed by atoms with van der Waals surface area (Å²) in [6.07, 6.45) is 3.71. The van der Waals surface area contributed by atoms with Gasteiger partial charge in [0.25, 0.3) is 5.91 Å². The fourth-order valence-electron chi connectivity index (χ4n) is 2.81. The van der Waals surface area contributed by atoms with Gasteiger partial charge in [0, 0.05) is 38.0 Å². The van der Waals surface area contributed by atoms with Gasteiger partial charge in [0.05, 0.1) is 5.69 Å². The van der Waals surface area contributed by atoms with Crippen LogP contribution in [0, 0.1) is 12.8 Å². The predicted octanol–water partition coefficient (Wildman–Crippen LogP) is 1.35. The number of nitrogens with one attached hydrogen (secondary N) is 2. The lowest BCUT2D eigenvalue weighted by Crippen LogP contribution is -2.35. The van der Waals surface area contributed by atoms with Crippen LogP contribution in [0.2, 0.25) is 0 Å². The topological polar surface area (TPSA) is 84.8 Å². The minimum absolute atomic E-state index is 0.0398. The summed E-state index contributed by atoms with van der Waals surface area (Å²) in [5.74, 6) is 0.0978. The summed E-state index contributed by atoms with van der Waals surface area (Å²) in [5.41, 5.74) is 2.38. The second-order valence-corrected chi connectivity index (χ2v) is 5.71. The molecule has 0 spiro atoms. The largest absolute Gasteiger partial charge is 0.372 e. The maximum Gasteiger partial charge on any atom is 0.271 e. The van der Waals surface area contributed by atoms with Gasteiger partial charge >= 0.3 is 0 Å². The summed E-state index contributed by atoms with van der Waals surface area (Å²) in [5, 5.41) is 14.1. The number of hydrogen-bond acceptors (Lipinski definition) is 4. The zero-order valence-corrected chi connectivity index (χ0v) is 12.9. The molecule has 2 aromatic rings. The molecule has 0 radical (unpaired) electrons. The molecule has 1 saturated heterocycles. The molecule has 2 atom stereocenters. The van der Waals surface area contributed by atoms with Gasteiger partial charge in [-0.25, -0.2) is 0 Å². The molecular formula is C15H21N5O2. The smallest absolute Gasteiger partial charge is 0.271 e. The zero-order chi connectivity index (χ0) is 15.5. The van der Waals surface area contributed by atoms with Crippen LogP contribution in [0.15, 0.2) is 18.3 Å². The Hall–Kier alpha value is -2.15. The first-order chi connectivity index (χ1) is 10.6. The van der Waals surface area contributed by atoms with E-state index in [1.54, 1.807) is 16.9 Å². The van der Waals surface area contributed by atoms with E-state index in [1.807, 2.05) is 20.0 Å². The maximum atomic E-state index is 12.2. The minimum atomic E-state index is -0.141. The van der Waals surface area contributed by atoms with Crippen molar-refractivity contribution in [2.45, 2.75) is 25.9 Å². The van der Waals surface area contributed by atoms with Crippen LogP contribution in [0.3, 0.4) is 0 Å². The van der Waals surface area contributed by atoms with Crippen molar-refractivity contribution in [3.05, 3.63) is 35.4 Å². The van der Waals surface area contributed by atoms with E-state index in [2.05, 4.69) is 20.6 Å². The molecule has 3 heterocycles. The lowest BCUT2D eigenvalue weighted by Gasteiger charge is -2.31. The van der Waals surface area contributed by atoms with Crippen molar-refractivity contribution in [3.63, 3.8) is 0 Å². The average Bonchev–Trinajstić information content (AvgIpc) is 3.16. The monoisotopic (exact) mass is 303 g/mol. The van der Waals surface area contributed by atoms with E-state index in [4.69, 9.17) is 4.74 Å². The van der Waals surface area contributed by atoms with Gasteiger partial charge in [-0.1, -0.05) is 0 Å². The molecule has 3 rings (SSSR count). The number of carbonyl (C=O) groups excluding carboxylic acids is 1. The molecule has 2 N–H and O–H groups in total. The fraction of sp³-hybridized carbons (Fsp3) is 0.533. The van der Waals surface area contributed by atoms with Crippen LogP contribution < -0.4 is 5.32 Å². The molecule has 0 unspecified atom stereocenters. The highest BCUT2D eigenvalue weighted by molar-refractivity contribution is 5.92. The molecule has 1 fully saturated rings. The van der Waals surface area contributed by atoms with Gasteiger partial charge < -0.3 is 10.1 Å². The normalized spacial score (nSPS) is 21.7. The van der Waals surface area contributed by atoms with Crippen molar-refractivity contribution in [3.8, 4) is 0 Å². The van der Waals surface area contributed by atoms with Crippen LogP contribution in [-0.4, -0.2) is 39.0 Å². The SMILES string of the molecule is Cc1cc(C(=O)NC[C@@H]2CCCO[C@H]2c2ccn[nH]2)nn1C.